The van der Waals surface area contributed by atoms with E-state index in [9.17, 15) is 0 Å². The minimum Gasteiger partial charge on any atom is -0.377 e. The third-order valence-electron chi connectivity index (χ3n) is 3.10. The highest BCUT2D eigenvalue weighted by Gasteiger charge is 2.16. The van der Waals surface area contributed by atoms with E-state index in [2.05, 4.69) is 22.2 Å². The van der Waals surface area contributed by atoms with Crippen molar-refractivity contribution in [1.29, 1.82) is 0 Å². The van der Waals surface area contributed by atoms with Gasteiger partial charge >= 0.3 is 0 Å². The van der Waals surface area contributed by atoms with Crippen LogP contribution in [0.15, 0.2) is 0 Å². The number of hydrogen-bond acceptors (Lipinski definition) is 4. The minimum atomic E-state index is 0.492. The summed E-state index contributed by atoms with van der Waals surface area (Å²) in [5, 5.41) is 3.36. The number of rotatable bonds is 4. The molecule has 1 aliphatic carbocycles. The molecular weight excluding hydrogens is 214 g/mol. The third-order valence-corrected chi connectivity index (χ3v) is 3.10. The monoisotopic (exact) mass is 235 g/mol. The van der Waals surface area contributed by atoms with Gasteiger partial charge in [0.15, 0.2) is 5.82 Å². The predicted molar refractivity (Wildman–Crippen MR) is 68.2 cm³/mol. The molecule has 0 radical (unpaired) electrons. The van der Waals surface area contributed by atoms with Gasteiger partial charge in [-0.1, -0.05) is 6.42 Å². The van der Waals surface area contributed by atoms with Crippen LogP contribution in [0.1, 0.15) is 43.3 Å². The molecule has 0 saturated heterocycles. The molecule has 4 heteroatoms. The van der Waals surface area contributed by atoms with Gasteiger partial charge in [0.25, 0.3) is 0 Å². The molecule has 0 unspecified atom stereocenters. The number of ether oxygens (including phenoxy) is 1. The van der Waals surface area contributed by atoms with E-state index in [1.807, 2.05) is 0 Å². The highest BCUT2D eigenvalue weighted by molar-refractivity contribution is 5.47. The predicted octanol–water partition coefficient (Wildman–Crippen LogP) is 2.32. The van der Waals surface area contributed by atoms with Crippen LogP contribution in [-0.2, 0) is 24.2 Å². The average Bonchev–Trinajstić information content (AvgIpc) is 2.55. The second-order valence-electron chi connectivity index (χ2n) is 4.44. The lowest BCUT2D eigenvalue weighted by Crippen LogP contribution is -2.11. The van der Waals surface area contributed by atoms with E-state index in [0.29, 0.717) is 6.61 Å². The molecule has 1 aromatic rings. The molecule has 0 spiro atoms. The van der Waals surface area contributed by atoms with Crippen LogP contribution < -0.4 is 5.32 Å². The fraction of sp³-hybridized carbons (Fsp3) is 0.692. The van der Waals surface area contributed by atoms with E-state index >= 15 is 0 Å². The zero-order valence-electron chi connectivity index (χ0n) is 10.8. The first-order valence-electron chi connectivity index (χ1n) is 6.46. The van der Waals surface area contributed by atoms with Gasteiger partial charge in [0.1, 0.15) is 12.4 Å². The van der Waals surface area contributed by atoms with Crippen LogP contribution in [0.3, 0.4) is 0 Å². The second kappa shape index (κ2) is 5.96. The Bertz CT molecular complexity index is 379. The zero-order chi connectivity index (χ0) is 12.1. The molecular formula is C13H21N3O. The first-order valence-corrected chi connectivity index (χ1v) is 6.46. The van der Waals surface area contributed by atoms with Crippen molar-refractivity contribution in [2.45, 2.75) is 45.6 Å². The first-order chi connectivity index (χ1) is 8.35. The minimum absolute atomic E-state index is 0.492. The maximum Gasteiger partial charge on any atom is 0.156 e. The summed E-state index contributed by atoms with van der Waals surface area (Å²) >= 11 is 0. The summed E-state index contributed by atoms with van der Waals surface area (Å²) in [6.45, 7) is 3.49. The lowest BCUT2D eigenvalue weighted by atomic mass is 10.1. The molecule has 0 atom stereocenters. The third kappa shape index (κ3) is 2.94. The first kappa shape index (κ1) is 12.3. The average molecular weight is 235 g/mol. The second-order valence-corrected chi connectivity index (χ2v) is 4.44. The largest absolute Gasteiger partial charge is 0.377 e. The van der Waals surface area contributed by atoms with Crippen LogP contribution in [0.2, 0.25) is 0 Å². The Hall–Kier alpha value is -1.16. The number of nitrogens with zero attached hydrogens (tertiary/aromatic N) is 2. The molecule has 0 fully saturated rings. The molecule has 0 aromatic carbocycles. The lowest BCUT2D eigenvalue weighted by molar-refractivity contribution is 0.177. The molecule has 1 aliphatic rings. The smallest absolute Gasteiger partial charge is 0.156 e. The SMILES string of the molecule is CCNc1nc(COC)nc2c1CCCCC2. The number of aromatic nitrogens is 2. The van der Waals surface area contributed by atoms with Crippen molar-refractivity contribution in [2.75, 3.05) is 19.0 Å². The van der Waals surface area contributed by atoms with Gasteiger partial charge in [0.05, 0.1) is 0 Å². The van der Waals surface area contributed by atoms with Crippen molar-refractivity contribution < 1.29 is 4.74 Å². The van der Waals surface area contributed by atoms with Crippen LogP contribution in [0, 0.1) is 0 Å². The number of hydrogen-bond donors (Lipinski definition) is 1. The van der Waals surface area contributed by atoms with E-state index in [1.54, 1.807) is 7.11 Å². The molecule has 1 aromatic heterocycles. The Kier molecular flexibility index (Phi) is 4.31. The van der Waals surface area contributed by atoms with Gasteiger partial charge in [-0.3, -0.25) is 0 Å². The van der Waals surface area contributed by atoms with Crippen molar-refractivity contribution >= 4 is 5.82 Å². The van der Waals surface area contributed by atoms with Gasteiger partial charge in [0.2, 0.25) is 0 Å². The summed E-state index contributed by atoms with van der Waals surface area (Å²) in [6, 6.07) is 0. The van der Waals surface area contributed by atoms with E-state index in [1.165, 1.54) is 30.5 Å². The Morgan fingerprint density at radius 3 is 2.76 bits per heavy atom. The number of fused-ring (bicyclic) bond motifs is 1. The maximum absolute atomic E-state index is 5.13. The summed E-state index contributed by atoms with van der Waals surface area (Å²) in [5.74, 6) is 1.82. The fourth-order valence-electron chi connectivity index (χ4n) is 2.33. The topological polar surface area (TPSA) is 47.0 Å². The molecule has 0 aliphatic heterocycles. The van der Waals surface area contributed by atoms with Crippen LogP contribution >= 0.6 is 0 Å². The summed E-state index contributed by atoms with van der Waals surface area (Å²) in [7, 11) is 1.68. The van der Waals surface area contributed by atoms with Crippen LogP contribution in [0.25, 0.3) is 0 Å². The van der Waals surface area contributed by atoms with Crippen molar-refractivity contribution in [1.82, 2.24) is 9.97 Å². The van der Waals surface area contributed by atoms with Crippen LogP contribution in [0.4, 0.5) is 5.82 Å². The molecule has 2 rings (SSSR count). The Labute approximate surface area is 103 Å². The Morgan fingerprint density at radius 2 is 2.00 bits per heavy atom. The highest BCUT2D eigenvalue weighted by Crippen LogP contribution is 2.24. The molecule has 94 valence electrons. The summed E-state index contributed by atoms with van der Waals surface area (Å²) < 4.78 is 5.13. The van der Waals surface area contributed by atoms with E-state index in [4.69, 9.17) is 4.74 Å². The number of anilines is 1. The molecule has 17 heavy (non-hydrogen) atoms. The zero-order valence-corrected chi connectivity index (χ0v) is 10.8. The fourth-order valence-corrected chi connectivity index (χ4v) is 2.33. The van der Waals surface area contributed by atoms with Crippen molar-refractivity contribution in [3.63, 3.8) is 0 Å². The van der Waals surface area contributed by atoms with Crippen molar-refractivity contribution in [3.05, 3.63) is 17.1 Å². The van der Waals surface area contributed by atoms with Gasteiger partial charge in [-0.15, -0.1) is 0 Å². The van der Waals surface area contributed by atoms with Gasteiger partial charge in [0, 0.05) is 24.9 Å². The van der Waals surface area contributed by atoms with Gasteiger partial charge in [-0.05, 0) is 32.6 Å². The van der Waals surface area contributed by atoms with Gasteiger partial charge < -0.3 is 10.1 Å². The van der Waals surface area contributed by atoms with Crippen LogP contribution in [0.5, 0.6) is 0 Å². The van der Waals surface area contributed by atoms with Gasteiger partial charge in [-0.2, -0.15) is 0 Å². The normalized spacial score (nSPS) is 15.2. The van der Waals surface area contributed by atoms with Crippen molar-refractivity contribution in [3.8, 4) is 0 Å². The molecule has 0 saturated carbocycles. The van der Waals surface area contributed by atoms with E-state index < -0.39 is 0 Å². The molecule has 0 bridgehead atoms. The summed E-state index contributed by atoms with van der Waals surface area (Å²) in [5.41, 5.74) is 2.55. The molecule has 1 N–H and O–H groups in total. The van der Waals surface area contributed by atoms with E-state index in [0.717, 1.165) is 31.0 Å². The number of nitrogens with one attached hydrogen (secondary N) is 1. The molecule has 0 amide bonds. The van der Waals surface area contributed by atoms with E-state index in [-0.39, 0.29) is 0 Å². The Balaban J connectivity index is 2.36. The van der Waals surface area contributed by atoms with Crippen molar-refractivity contribution in [2.24, 2.45) is 0 Å². The molecule has 1 heterocycles. The maximum atomic E-state index is 5.13. The Morgan fingerprint density at radius 1 is 1.18 bits per heavy atom. The molecule has 4 nitrogen and oxygen atoms in total. The lowest BCUT2D eigenvalue weighted by Gasteiger charge is -2.13. The quantitative estimate of drug-likeness (QED) is 0.814. The number of aryl methyl sites for hydroxylation is 1. The summed E-state index contributed by atoms with van der Waals surface area (Å²) in [6.07, 6.45) is 5.96. The van der Waals surface area contributed by atoms with Crippen LogP contribution in [-0.4, -0.2) is 23.6 Å². The standard InChI is InChI=1S/C13H21N3O/c1-3-14-13-10-7-5-4-6-8-11(10)15-12(16-13)9-17-2/h3-9H2,1-2H3,(H,14,15,16). The summed E-state index contributed by atoms with van der Waals surface area (Å²) in [4.78, 5) is 9.19. The highest BCUT2D eigenvalue weighted by atomic mass is 16.5. The number of methoxy groups -OCH3 is 1. The van der Waals surface area contributed by atoms with Gasteiger partial charge in [-0.25, -0.2) is 9.97 Å².